The summed E-state index contributed by atoms with van der Waals surface area (Å²) in [5.74, 6) is -0.791. The van der Waals surface area contributed by atoms with Gasteiger partial charge in [-0.15, -0.1) is 0 Å². The Bertz CT molecular complexity index is 486. The standard InChI is InChI=1S/C15H14O2/c16-15(17)11-14-8-6-13(7-9-14)10-12-4-2-1-3-5-12/h1-9H,10-11H2,(H,16,17). The maximum atomic E-state index is 10.5. The molecule has 0 fully saturated rings. The zero-order valence-corrected chi connectivity index (χ0v) is 9.47. The minimum atomic E-state index is -0.791. The van der Waals surface area contributed by atoms with E-state index < -0.39 is 5.97 Å². The highest BCUT2D eigenvalue weighted by atomic mass is 16.4. The van der Waals surface area contributed by atoms with E-state index in [2.05, 4.69) is 12.1 Å². The molecule has 1 N–H and O–H groups in total. The highest BCUT2D eigenvalue weighted by Crippen LogP contribution is 2.11. The first-order chi connectivity index (χ1) is 8.24. The maximum absolute atomic E-state index is 10.5. The monoisotopic (exact) mass is 226 g/mol. The van der Waals surface area contributed by atoms with E-state index in [0.29, 0.717) is 0 Å². The predicted octanol–water partition coefficient (Wildman–Crippen LogP) is 2.90. The van der Waals surface area contributed by atoms with Crippen molar-refractivity contribution >= 4 is 5.97 Å². The van der Waals surface area contributed by atoms with Gasteiger partial charge in [-0.05, 0) is 23.1 Å². The number of carbonyl (C=O) groups is 1. The molecule has 0 bridgehead atoms. The summed E-state index contributed by atoms with van der Waals surface area (Å²) in [7, 11) is 0. The van der Waals surface area contributed by atoms with Crippen molar-refractivity contribution in [1.29, 1.82) is 0 Å². The second-order valence-corrected chi connectivity index (χ2v) is 4.05. The number of hydrogen-bond acceptors (Lipinski definition) is 1. The van der Waals surface area contributed by atoms with Crippen LogP contribution in [-0.2, 0) is 17.6 Å². The topological polar surface area (TPSA) is 37.3 Å². The third kappa shape index (κ3) is 3.45. The smallest absolute Gasteiger partial charge is 0.307 e. The van der Waals surface area contributed by atoms with Gasteiger partial charge in [-0.2, -0.15) is 0 Å². The van der Waals surface area contributed by atoms with Gasteiger partial charge in [0.1, 0.15) is 0 Å². The first-order valence-electron chi connectivity index (χ1n) is 5.57. The van der Waals surface area contributed by atoms with Crippen molar-refractivity contribution in [2.75, 3.05) is 0 Å². The predicted molar refractivity (Wildman–Crippen MR) is 67.0 cm³/mol. The molecule has 2 nitrogen and oxygen atoms in total. The summed E-state index contributed by atoms with van der Waals surface area (Å²) < 4.78 is 0. The van der Waals surface area contributed by atoms with E-state index in [9.17, 15) is 4.79 Å². The van der Waals surface area contributed by atoms with Gasteiger partial charge in [-0.1, -0.05) is 54.6 Å². The number of aliphatic carboxylic acids is 1. The van der Waals surface area contributed by atoms with E-state index in [4.69, 9.17) is 5.11 Å². The van der Waals surface area contributed by atoms with Gasteiger partial charge in [0.2, 0.25) is 0 Å². The van der Waals surface area contributed by atoms with Crippen LogP contribution in [0.1, 0.15) is 16.7 Å². The molecule has 17 heavy (non-hydrogen) atoms. The quantitative estimate of drug-likeness (QED) is 0.870. The fourth-order valence-electron chi connectivity index (χ4n) is 1.78. The summed E-state index contributed by atoms with van der Waals surface area (Å²) in [4.78, 5) is 10.5. The SMILES string of the molecule is O=C(O)Cc1ccc(Cc2ccccc2)cc1. The van der Waals surface area contributed by atoms with Crippen LogP contribution < -0.4 is 0 Å². The molecule has 0 unspecified atom stereocenters. The summed E-state index contributed by atoms with van der Waals surface area (Å²) in [5.41, 5.74) is 3.30. The van der Waals surface area contributed by atoms with E-state index in [1.165, 1.54) is 11.1 Å². The number of carboxylic acid groups (broad SMARTS) is 1. The molecule has 0 amide bonds. The Hall–Kier alpha value is -2.09. The molecule has 0 spiro atoms. The average molecular weight is 226 g/mol. The second kappa shape index (κ2) is 5.30. The van der Waals surface area contributed by atoms with Crippen LogP contribution in [0.2, 0.25) is 0 Å². The van der Waals surface area contributed by atoms with Crippen LogP contribution in [0.15, 0.2) is 54.6 Å². The molecule has 86 valence electrons. The van der Waals surface area contributed by atoms with Crippen LogP contribution in [-0.4, -0.2) is 11.1 Å². The van der Waals surface area contributed by atoms with Crippen LogP contribution in [0.5, 0.6) is 0 Å². The lowest BCUT2D eigenvalue weighted by molar-refractivity contribution is -0.136. The van der Waals surface area contributed by atoms with Gasteiger partial charge in [0, 0.05) is 0 Å². The van der Waals surface area contributed by atoms with Crippen LogP contribution >= 0.6 is 0 Å². The Labute approximate surface area is 101 Å². The van der Waals surface area contributed by atoms with Crippen molar-refractivity contribution < 1.29 is 9.90 Å². The fourth-order valence-corrected chi connectivity index (χ4v) is 1.78. The molecule has 2 aromatic rings. The van der Waals surface area contributed by atoms with E-state index in [1.54, 1.807) is 0 Å². The molecule has 0 saturated heterocycles. The minimum Gasteiger partial charge on any atom is -0.481 e. The van der Waals surface area contributed by atoms with Crippen LogP contribution in [0.4, 0.5) is 0 Å². The Morgan fingerprint density at radius 1 is 0.824 bits per heavy atom. The van der Waals surface area contributed by atoms with Gasteiger partial charge in [-0.3, -0.25) is 4.79 Å². The summed E-state index contributed by atoms with van der Waals surface area (Å²) in [6.45, 7) is 0. The number of hydrogen-bond donors (Lipinski definition) is 1. The number of benzene rings is 2. The average Bonchev–Trinajstić information content (AvgIpc) is 2.32. The second-order valence-electron chi connectivity index (χ2n) is 4.05. The lowest BCUT2D eigenvalue weighted by Crippen LogP contribution is -1.99. The molecule has 0 atom stereocenters. The summed E-state index contributed by atoms with van der Waals surface area (Å²) in [6.07, 6.45) is 0.972. The fraction of sp³-hybridized carbons (Fsp3) is 0.133. The van der Waals surface area contributed by atoms with Gasteiger partial charge >= 0.3 is 5.97 Å². The molecular formula is C15H14O2. The molecule has 2 rings (SSSR count). The first kappa shape index (κ1) is 11.4. The van der Waals surface area contributed by atoms with Gasteiger partial charge in [0.05, 0.1) is 6.42 Å². The first-order valence-corrected chi connectivity index (χ1v) is 5.57. The Morgan fingerprint density at radius 3 is 1.94 bits per heavy atom. The molecule has 0 aromatic heterocycles. The van der Waals surface area contributed by atoms with Gasteiger partial charge in [0.25, 0.3) is 0 Å². The summed E-state index contributed by atoms with van der Waals surface area (Å²) >= 11 is 0. The lowest BCUT2D eigenvalue weighted by Gasteiger charge is -2.03. The van der Waals surface area contributed by atoms with Crippen LogP contribution in [0.25, 0.3) is 0 Å². The highest BCUT2D eigenvalue weighted by Gasteiger charge is 2.00. The van der Waals surface area contributed by atoms with E-state index >= 15 is 0 Å². The molecule has 0 saturated carbocycles. The molecule has 0 aliphatic rings. The largest absolute Gasteiger partial charge is 0.481 e. The zero-order valence-electron chi connectivity index (χ0n) is 9.47. The third-order valence-corrected chi connectivity index (χ3v) is 2.63. The summed E-state index contributed by atoms with van der Waals surface area (Å²) in [6, 6.07) is 18.0. The number of carboxylic acids is 1. The molecule has 0 aliphatic heterocycles. The minimum absolute atomic E-state index is 0.0889. The van der Waals surface area contributed by atoms with Crippen molar-refractivity contribution in [3.05, 3.63) is 71.3 Å². The highest BCUT2D eigenvalue weighted by molar-refractivity contribution is 5.70. The van der Waals surface area contributed by atoms with Gasteiger partial charge in [-0.25, -0.2) is 0 Å². The van der Waals surface area contributed by atoms with Crippen molar-refractivity contribution in [3.63, 3.8) is 0 Å². The van der Waals surface area contributed by atoms with E-state index in [0.717, 1.165) is 12.0 Å². The van der Waals surface area contributed by atoms with Gasteiger partial charge < -0.3 is 5.11 Å². The van der Waals surface area contributed by atoms with Crippen molar-refractivity contribution in [2.24, 2.45) is 0 Å². The van der Waals surface area contributed by atoms with E-state index in [1.807, 2.05) is 42.5 Å². The van der Waals surface area contributed by atoms with Crippen molar-refractivity contribution in [2.45, 2.75) is 12.8 Å². The Morgan fingerprint density at radius 2 is 1.35 bits per heavy atom. The normalized spacial score (nSPS) is 10.1. The zero-order chi connectivity index (χ0) is 12.1. The van der Waals surface area contributed by atoms with Crippen molar-refractivity contribution in [1.82, 2.24) is 0 Å². The lowest BCUT2D eigenvalue weighted by atomic mass is 10.0. The van der Waals surface area contributed by atoms with Crippen LogP contribution in [0.3, 0.4) is 0 Å². The van der Waals surface area contributed by atoms with Crippen molar-refractivity contribution in [3.8, 4) is 0 Å². The number of rotatable bonds is 4. The molecule has 0 radical (unpaired) electrons. The molecule has 0 heterocycles. The summed E-state index contributed by atoms with van der Waals surface area (Å²) in [5, 5.41) is 8.67. The maximum Gasteiger partial charge on any atom is 0.307 e. The van der Waals surface area contributed by atoms with Crippen LogP contribution in [0, 0.1) is 0 Å². The molecule has 2 heteroatoms. The van der Waals surface area contributed by atoms with Gasteiger partial charge in [0.15, 0.2) is 0 Å². The molecule has 0 aliphatic carbocycles. The van der Waals surface area contributed by atoms with E-state index in [-0.39, 0.29) is 6.42 Å². The molecular weight excluding hydrogens is 212 g/mol. The Kier molecular flexibility index (Phi) is 3.55. The molecule has 2 aromatic carbocycles. The third-order valence-electron chi connectivity index (χ3n) is 2.63. The Balaban J connectivity index is 2.06.